The van der Waals surface area contributed by atoms with E-state index in [4.69, 9.17) is 14.4 Å². The molecule has 3 aromatic carbocycles. The molecule has 0 fully saturated rings. The Balaban J connectivity index is 1.66. The second kappa shape index (κ2) is 10.5. The summed E-state index contributed by atoms with van der Waals surface area (Å²) < 4.78 is 39.0. The van der Waals surface area contributed by atoms with Gasteiger partial charge in [0.05, 0.1) is 35.4 Å². The smallest absolute Gasteiger partial charge is 0.326 e. The number of furan rings is 1. The fraction of sp³-hybridized carbons (Fsp3) is 0.185. The Morgan fingerprint density at radius 1 is 1.08 bits per heavy atom. The molecular weight excluding hydrogens is 478 g/mol. The van der Waals surface area contributed by atoms with E-state index in [-0.39, 0.29) is 11.5 Å². The average molecular weight is 504 g/mol. The summed E-state index contributed by atoms with van der Waals surface area (Å²) in [5.74, 6) is 0.0365. The van der Waals surface area contributed by atoms with Gasteiger partial charge in [-0.15, -0.1) is 0 Å². The maximum absolute atomic E-state index is 13.4. The first-order chi connectivity index (χ1) is 17.3. The molecule has 0 atom stereocenters. The van der Waals surface area contributed by atoms with Crippen molar-refractivity contribution in [3.63, 3.8) is 0 Å². The Kier molecular flexibility index (Phi) is 7.27. The van der Waals surface area contributed by atoms with E-state index in [1.165, 1.54) is 12.1 Å². The number of hydrogen-bond acceptors (Lipinski definition) is 7. The number of carbonyl (C=O) groups is 1. The van der Waals surface area contributed by atoms with Crippen LogP contribution in [0.1, 0.15) is 23.8 Å². The number of carbonyl (C=O) groups excluding carboxylic acids is 1. The zero-order valence-corrected chi connectivity index (χ0v) is 20.7. The van der Waals surface area contributed by atoms with Gasteiger partial charge in [0.15, 0.2) is 0 Å². The highest BCUT2D eigenvalue weighted by Crippen LogP contribution is 2.32. The average Bonchev–Trinajstić information content (AvgIpc) is 3.21. The third kappa shape index (κ3) is 5.19. The minimum absolute atomic E-state index is 0.0670. The van der Waals surface area contributed by atoms with Crippen LogP contribution in [0.2, 0.25) is 0 Å². The highest BCUT2D eigenvalue weighted by molar-refractivity contribution is 7.92. The van der Waals surface area contributed by atoms with E-state index in [0.717, 1.165) is 20.9 Å². The Bertz CT molecular complexity index is 1520. The lowest BCUT2D eigenvalue weighted by Crippen LogP contribution is -2.36. The number of anilines is 2. The summed E-state index contributed by atoms with van der Waals surface area (Å²) in [6, 6.07) is 22.2. The molecule has 0 spiro atoms. The van der Waals surface area contributed by atoms with E-state index < -0.39 is 22.5 Å². The van der Waals surface area contributed by atoms with Gasteiger partial charge in [0, 0.05) is 22.7 Å². The van der Waals surface area contributed by atoms with Crippen molar-refractivity contribution in [3.05, 3.63) is 89.7 Å². The number of aryl methyl sites for hydroxylation is 1. The largest absolute Gasteiger partial charge is 0.465 e. The van der Waals surface area contributed by atoms with Crippen LogP contribution in [0.15, 0.2) is 82.1 Å². The topological polar surface area (TPSA) is 113 Å². The molecule has 0 radical (unpaired) electrons. The molecule has 0 bridgehead atoms. The fourth-order valence-electron chi connectivity index (χ4n) is 3.79. The van der Waals surface area contributed by atoms with E-state index in [0.29, 0.717) is 29.1 Å². The normalized spacial score (nSPS) is 11.1. The summed E-state index contributed by atoms with van der Waals surface area (Å²) in [4.78, 5) is 12.4. The SMILES string of the molecule is CCOC(=O)CN(c1ccc2c(C)c(CNc3ccc(C#N)cc3)oc2c1)S(=O)(=O)c1ccccc1. The zero-order valence-electron chi connectivity index (χ0n) is 19.9. The predicted octanol–water partition coefficient (Wildman–Crippen LogP) is 4.98. The Morgan fingerprint density at radius 2 is 1.81 bits per heavy atom. The number of hydrogen-bond donors (Lipinski definition) is 1. The van der Waals surface area contributed by atoms with Crippen LogP contribution in [0.25, 0.3) is 11.0 Å². The van der Waals surface area contributed by atoms with Crippen LogP contribution < -0.4 is 9.62 Å². The summed E-state index contributed by atoms with van der Waals surface area (Å²) in [6.45, 7) is 3.67. The van der Waals surface area contributed by atoms with Crippen LogP contribution in [0.5, 0.6) is 0 Å². The van der Waals surface area contributed by atoms with Gasteiger partial charge in [0.1, 0.15) is 17.9 Å². The van der Waals surface area contributed by atoms with Gasteiger partial charge in [0.25, 0.3) is 10.0 Å². The molecule has 4 rings (SSSR count). The fourth-order valence-corrected chi connectivity index (χ4v) is 5.21. The van der Waals surface area contributed by atoms with Crippen molar-refractivity contribution in [2.24, 2.45) is 0 Å². The van der Waals surface area contributed by atoms with Gasteiger partial charge in [0.2, 0.25) is 0 Å². The summed E-state index contributed by atoms with van der Waals surface area (Å²) >= 11 is 0. The van der Waals surface area contributed by atoms with Gasteiger partial charge < -0.3 is 14.5 Å². The molecule has 0 saturated carbocycles. The van der Waals surface area contributed by atoms with Crippen molar-refractivity contribution < 1.29 is 22.4 Å². The molecule has 4 aromatic rings. The molecule has 0 aliphatic heterocycles. The van der Waals surface area contributed by atoms with Gasteiger partial charge in [-0.05, 0) is 62.4 Å². The van der Waals surface area contributed by atoms with E-state index in [1.807, 2.05) is 19.1 Å². The summed E-state index contributed by atoms with van der Waals surface area (Å²) in [6.07, 6.45) is 0. The first kappa shape index (κ1) is 24.8. The van der Waals surface area contributed by atoms with Crippen molar-refractivity contribution >= 4 is 38.3 Å². The molecule has 36 heavy (non-hydrogen) atoms. The molecule has 1 heterocycles. The van der Waals surface area contributed by atoms with E-state index in [9.17, 15) is 13.2 Å². The first-order valence-electron chi connectivity index (χ1n) is 11.3. The maximum atomic E-state index is 13.4. The number of fused-ring (bicyclic) bond motifs is 1. The number of sulfonamides is 1. The van der Waals surface area contributed by atoms with Gasteiger partial charge >= 0.3 is 5.97 Å². The van der Waals surface area contributed by atoms with Crippen LogP contribution in [0.4, 0.5) is 11.4 Å². The van der Waals surface area contributed by atoms with Crippen molar-refractivity contribution in [1.82, 2.24) is 0 Å². The van der Waals surface area contributed by atoms with Crippen molar-refractivity contribution in [3.8, 4) is 6.07 Å². The Hall–Kier alpha value is -4.29. The highest BCUT2D eigenvalue weighted by Gasteiger charge is 2.28. The maximum Gasteiger partial charge on any atom is 0.326 e. The summed E-state index contributed by atoms with van der Waals surface area (Å²) in [7, 11) is -4.04. The Morgan fingerprint density at radius 3 is 2.47 bits per heavy atom. The standard InChI is InChI=1S/C27H25N3O5S/c1-3-34-27(31)18-30(36(32,33)23-7-5-4-6-8-23)22-13-14-24-19(2)26(35-25(24)15-22)17-29-21-11-9-20(16-28)10-12-21/h4-15,29H,3,17-18H2,1-2H3. The van der Waals surface area contributed by atoms with Crippen molar-refractivity contribution in [2.45, 2.75) is 25.3 Å². The monoisotopic (exact) mass is 503 g/mol. The highest BCUT2D eigenvalue weighted by atomic mass is 32.2. The second-order valence-corrected chi connectivity index (χ2v) is 9.87. The van der Waals surface area contributed by atoms with Crippen molar-refractivity contribution in [2.75, 3.05) is 22.8 Å². The number of nitriles is 1. The molecular formula is C27H25N3O5S. The quantitative estimate of drug-likeness (QED) is 0.320. The van der Waals surface area contributed by atoms with Crippen molar-refractivity contribution in [1.29, 1.82) is 5.26 Å². The lowest BCUT2D eigenvalue weighted by molar-refractivity contribution is -0.141. The van der Waals surface area contributed by atoms with Gasteiger partial charge in [-0.25, -0.2) is 8.42 Å². The number of benzene rings is 3. The molecule has 0 aliphatic carbocycles. The summed E-state index contributed by atoms with van der Waals surface area (Å²) in [5, 5.41) is 13.1. The van der Waals surface area contributed by atoms with E-state index >= 15 is 0 Å². The lowest BCUT2D eigenvalue weighted by Gasteiger charge is -2.23. The third-order valence-corrected chi connectivity index (χ3v) is 7.47. The van der Waals surface area contributed by atoms with E-state index in [1.54, 1.807) is 55.5 Å². The molecule has 0 aliphatic rings. The summed E-state index contributed by atoms with van der Waals surface area (Å²) in [5.41, 5.74) is 3.12. The molecule has 8 nitrogen and oxygen atoms in total. The number of esters is 1. The number of ether oxygens (including phenoxy) is 1. The lowest BCUT2D eigenvalue weighted by atomic mass is 10.1. The molecule has 0 saturated heterocycles. The number of nitrogens with zero attached hydrogens (tertiary/aromatic N) is 2. The minimum atomic E-state index is -4.04. The first-order valence-corrected chi connectivity index (χ1v) is 12.8. The number of nitrogens with one attached hydrogen (secondary N) is 1. The molecule has 1 N–H and O–H groups in total. The van der Waals surface area contributed by atoms with Gasteiger partial charge in [-0.3, -0.25) is 9.10 Å². The van der Waals surface area contributed by atoms with E-state index in [2.05, 4.69) is 11.4 Å². The van der Waals surface area contributed by atoms with Crippen LogP contribution in [0.3, 0.4) is 0 Å². The molecule has 0 amide bonds. The molecule has 0 unspecified atom stereocenters. The van der Waals surface area contributed by atoms with Crippen LogP contribution in [0, 0.1) is 18.3 Å². The molecule has 9 heteroatoms. The predicted molar refractivity (Wildman–Crippen MR) is 137 cm³/mol. The minimum Gasteiger partial charge on any atom is -0.465 e. The zero-order chi connectivity index (χ0) is 25.7. The van der Waals surface area contributed by atoms with Gasteiger partial charge in [-0.2, -0.15) is 5.26 Å². The molecule has 1 aromatic heterocycles. The van der Waals surface area contributed by atoms with Crippen LogP contribution in [-0.4, -0.2) is 27.5 Å². The van der Waals surface area contributed by atoms with Crippen LogP contribution in [-0.2, 0) is 26.1 Å². The van der Waals surface area contributed by atoms with Gasteiger partial charge in [-0.1, -0.05) is 18.2 Å². The third-order valence-electron chi connectivity index (χ3n) is 5.68. The second-order valence-electron chi connectivity index (χ2n) is 8.00. The Labute approximate surface area is 209 Å². The molecule has 184 valence electrons. The van der Waals surface area contributed by atoms with Crippen LogP contribution >= 0.6 is 0 Å². The number of rotatable bonds is 9.